The van der Waals surface area contributed by atoms with E-state index in [1.165, 1.54) is 4.90 Å². The lowest BCUT2D eigenvalue weighted by atomic mass is 9.67. The van der Waals surface area contributed by atoms with Crippen LogP contribution in [0.25, 0.3) is 0 Å². The summed E-state index contributed by atoms with van der Waals surface area (Å²) in [5.74, 6) is 0.0572. The van der Waals surface area contributed by atoms with Crippen molar-refractivity contribution in [2.24, 2.45) is 5.41 Å². The van der Waals surface area contributed by atoms with E-state index >= 15 is 0 Å². The average Bonchev–Trinajstić information content (AvgIpc) is 2.42. The van der Waals surface area contributed by atoms with Crippen molar-refractivity contribution in [2.45, 2.75) is 51.0 Å². The zero-order chi connectivity index (χ0) is 15.5. The van der Waals surface area contributed by atoms with Crippen LogP contribution in [0.4, 0.5) is 0 Å². The summed E-state index contributed by atoms with van der Waals surface area (Å²) in [6.07, 6.45) is 6.05. The maximum absolute atomic E-state index is 12.4. The van der Waals surface area contributed by atoms with Gasteiger partial charge in [-0.05, 0) is 58.2 Å². The SMILES string of the molecule is COC1CCC2(CC1)CC(=O)N(CCCN(C)C)C(=O)C2. The van der Waals surface area contributed by atoms with E-state index in [2.05, 4.69) is 4.90 Å². The Kier molecular flexibility index (Phi) is 5.38. The van der Waals surface area contributed by atoms with Crippen LogP contribution in [0.3, 0.4) is 0 Å². The Morgan fingerprint density at radius 1 is 1.19 bits per heavy atom. The van der Waals surface area contributed by atoms with Gasteiger partial charge in [0.25, 0.3) is 0 Å². The predicted molar refractivity (Wildman–Crippen MR) is 80.8 cm³/mol. The molecule has 1 saturated heterocycles. The van der Waals surface area contributed by atoms with Crippen LogP contribution in [0.15, 0.2) is 0 Å². The molecular formula is C16H28N2O3. The van der Waals surface area contributed by atoms with E-state index in [1.807, 2.05) is 14.1 Å². The monoisotopic (exact) mass is 296 g/mol. The fraction of sp³-hybridized carbons (Fsp3) is 0.875. The second-order valence-electron chi connectivity index (χ2n) is 6.88. The number of hydrogen-bond acceptors (Lipinski definition) is 4. The van der Waals surface area contributed by atoms with Gasteiger partial charge in [0.1, 0.15) is 0 Å². The van der Waals surface area contributed by atoms with Crippen molar-refractivity contribution < 1.29 is 14.3 Å². The number of likely N-dealkylation sites (tertiary alicyclic amines) is 1. The van der Waals surface area contributed by atoms with E-state index < -0.39 is 0 Å². The van der Waals surface area contributed by atoms with Gasteiger partial charge in [-0.3, -0.25) is 14.5 Å². The van der Waals surface area contributed by atoms with E-state index in [4.69, 9.17) is 4.74 Å². The second-order valence-corrected chi connectivity index (χ2v) is 6.88. The average molecular weight is 296 g/mol. The molecule has 21 heavy (non-hydrogen) atoms. The Morgan fingerprint density at radius 2 is 1.76 bits per heavy atom. The predicted octanol–water partition coefficient (Wildman–Crippen LogP) is 1.66. The van der Waals surface area contributed by atoms with Gasteiger partial charge in [-0.1, -0.05) is 0 Å². The molecule has 0 aromatic carbocycles. The summed E-state index contributed by atoms with van der Waals surface area (Å²) in [5.41, 5.74) is -0.0821. The quantitative estimate of drug-likeness (QED) is 0.724. The van der Waals surface area contributed by atoms with Gasteiger partial charge in [0.2, 0.25) is 11.8 Å². The highest BCUT2D eigenvalue weighted by Gasteiger charge is 2.45. The first kappa shape index (κ1) is 16.4. The van der Waals surface area contributed by atoms with Gasteiger partial charge in [0.05, 0.1) is 6.10 Å². The number of methoxy groups -OCH3 is 1. The van der Waals surface area contributed by atoms with E-state index in [1.54, 1.807) is 7.11 Å². The third kappa shape index (κ3) is 4.04. The topological polar surface area (TPSA) is 49.9 Å². The van der Waals surface area contributed by atoms with Crippen molar-refractivity contribution in [1.29, 1.82) is 0 Å². The number of piperidine rings is 1. The molecule has 1 aliphatic heterocycles. The molecule has 2 fully saturated rings. The first-order valence-corrected chi connectivity index (χ1v) is 7.96. The Labute approximate surface area is 127 Å². The van der Waals surface area contributed by atoms with Crippen LogP contribution in [0, 0.1) is 5.41 Å². The lowest BCUT2D eigenvalue weighted by Crippen LogP contribution is -2.50. The van der Waals surface area contributed by atoms with Gasteiger partial charge < -0.3 is 9.64 Å². The molecule has 5 nitrogen and oxygen atoms in total. The molecule has 0 aromatic heterocycles. The Hall–Kier alpha value is -0.940. The van der Waals surface area contributed by atoms with Crippen LogP contribution >= 0.6 is 0 Å². The van der Waals surface area contributed by atoms with Crippen LogP contribution in [0.2, 0.25) is 0 Å². The number of ether oxygens (including phenoxy) is 1. The summed E-state index contributed by atoms with van der Waals surface area (Å²) < 4.78 is 5.39. The number of hydrogen-bond donors (Lipinski definition) is 0. The third-order valence-electron chi connectivity index (χ3n) is 4.97. The standard InChI is InChI=1S/C16H28N2O3/c1-17(2)9-4-10-18-14(19)11-16(12-15(18)20)7-5-13(21-3)6-8-16/h13H,4-12H2,1-3H3. The van der Waals surface area contributed by atoms with Crippen LogP contribution in [0.5, 0.6) is 0 Å². The molecular weight excluding hydrogens is 268 g/mol. The molecule has 0 aromatic rings. The highest BCUT2D eigenvalue weighted by atomic mass is 16.5. The Morgan fingerprint density at radius 3 is 2.24 bits per heavy atom. The zero-order valence-corrected chi connectivity index (χ0v) is 13.6. The van der Waals surface area contributed by atoms with E-state index in [0.717, 1.165) is 38.6 Å². The van der Waals surface area contributed by atoms with Crippen molar-refractivity contribution >= 4 is 11.8 Å². The molecule has 0 radical (unpaired) electrons. The smallest absolute Gasteiger partial charge is 0.229 e. The molecule has 2 rings (SSSR count). The molecule has 2 amide bonds. The Balaban J connectivity index is 1.90. The fourth-order valence-corrected chi connectivity index (χ4v) is 3.62. The first-order valence-electron chi connectivity index (χ1n) is 7.96. The lowest BCUT2D eigenvalue weighted by Gasteiger charge is -2.44. The van der Waals surface area contributed by atoms with Crippen LogP contribution in [0.1, 0.15) is 44.9 Å². The summed E-state index contributed by atoms with van der Waals surface area (Å²) in [6, 6.07) is 0. The second kappa shape index (κ2) is 6.88. The molecule has 0 bridgehead atoms. The lowest BCUT2D eigenvalue weighted by molar-refractivity contribution is -0.155. The van der Waals surface area contributed by atoms with Crippen molar-refractivity contribution in [3.05, 3.63) is 0 Å². The summed E-state index contributed by atoms with van der Waals surface area (Å²) in [7, 11) is 5.75. The van der Waals surface area contributed by atoms with Crippen LogP contribution in [-0.2, 0) is 14.3 Å². The van der Waals surface area contributed by atoms with E-state index in [-0.39, 0.29) is 17.2 Å². The molecule has 0 atom stereocenters. The summed E-state index contributed by atoms with van der Waals surface area (Å²) in [6.45, 7) is 1.46. The summed E-state index contributed by atoms with van der Waals surface area (Å²) in [5, 5.41) is 0. The highest BCUT2D eigenvalue weighted by Crippen LogP contribution is 2.45. The van der Waals surface area contributed by atoms with E-state index in [9.17, 15) is 9.59 Å². The molecule has 0 unspecified atom stereocenters. The van der Waals surface area contributed by atoms with Crippen molar-refractivity contribution in [1.82, 2.24) is 9.80 Å². The van der Waals surface area contributed by atoms with Gasteiger partial charge in [0.15, 0.2) is 0 Å². The van der Waals surface area contributed by atoms with E-state index in [0.29, 0.717) is 25.5 Å². The van der Waals surface area contributed by atoms with Gasteiger partial charge in [-0.25, -0.2) is 0 Å². The number of imide groups is 1. The third-order valence-corrected chi connectivity index (χ3v) is 4.97. The van der Waals surface area contributed by atoms with Crippen LogP contribution < -0.4 is 0 Å². The highest BCUT2D eigenvalue weighted by molar-refractivity contribution is 5.98. The first-order chi connectivity index (χ1) is 9.96. The molecule has 5 heteroatoms. The molecule has 1 spiro atoms. The van der Waals surface area contributed by atoms with Crippen molar-refractivity contribution in [2.75, 3.05) is 34.3 Å². The van der Waals surface area contributed by atoms with Gasteiger partial charge in [0, 0.05) is 26.5 Å². The molecule has 0 N–H and O–H groups in total. The van der Waals surface area contributed by atoms with Crippen LogP contribution in [-0.4, -0.2) is 62.0 Å². The van der Waals surface area contributed by atoms with Gasteiger partial charge in [-0.15, -0.1) is 0 Å². The Bertz CT molecular complexity index is 367. The molecule has 2 aliphatic rings. The number of carbonyl (C=O) groups excluding carboxylic acids is 2. The molecule has 1 heterocycles. The summed E-state index contributed by atoms with van der Waals surface area (Å²) in [4.78, 5) is 28.3. The summed E-state index contributed by atoms with van der Waals surface area (Å²) >= 11 is 0. The minimum atomic E-state index is -0.0821. The molecule has 1 aliphatic carbocycles. The minimum absolute atomic E-state index is 0.0286. The largest absolute Gasteiger partial charge is 0.381 e. The number of rotatable bonds is 5. The van der Waals surface area contributed by atoms with Crippen molar-refractivity contribution in [3.63, 3.8) is 0 Å². The maximum Gasteiger partial charge on any atom is 0.229 e. The number of amides is 2. The van der Waals surface area contributed by atoms with Gasteiger partial charge >= 0.3 is 0 Å². The van der Waals surface area contributed by atoms with Crippen molar-refractivity contribution in [3.8, 4) is 0 Å². The van der Waals surface area contributed by atoms with Gasteiger partial charge in [-0.2, -0.15) is 0 Å². The molecule has 1 saturated carbocycles. The zero-order valence-electron chi connectivity index (χ0n) is 13.6. The maximum atomic E-state index is 12.4. The number of carbonyl (C=O) groups is 2. The fourth-order valence-electron chi connectivity index (χ4n) is 3.62. The molecule has 120 valence electrons. The minimum Gasteiger partial charge on any atom is -0.381 e. The number of nitrogens with zero attached hydrogens (tertiary/aromatic N) is 2. The normalized spacial score (nSPS) is 23.3.